The molecule has 2 rings (SSSR count). The number of hydrogen-bond donors (Lipinski definition) is 2. The van der Waals surface area contributed by atoms with Crippen molar-refractivity contribution < 1.29 is 5.11 Å². The highest BCUT2D eigenvalue weighted by atomic mass is 16.3. The second-order valence-corrected chi connectivity index (χ2v) is 4.08. The fourth-order valence-corrected chi connectivity index (χ4v) is 2.11. The fourth-order valence-electron chi connectivity index (χ4n) is 2.11. The van der Waals surface area contributed by atoms with Crippen LogP contribution in [0.4, 0.5) is 0 Å². The van der Waals surface area contributed by atoms with E-state index in [1.54, 1.807) is 12.1 Å². The van der Waals surface area contributed by atoms with Gasteiger partial charge in [-0.05, 0) is 24.5 Å². The first kappa shape index (κ1) is 9.65. The van der Waals surface area contributed by atoms with Crippen LogP contribution in [0, 0.1) is 6.92 Å². The van der Waals surface area contributed by atoms with E-state index in [0.717, 1.165) is 12.0 Å². The molecule has 3 heteroatoms. The molecule has 2 atom stereocenters. The average Bonchev–Trinajstić information content (AvgIpc) is 2.43. The number of hydrogen-bond acceptors (Lipinski definition) is 3. The van der Waals surface area contributed by atoms with Crippen molar-refractivity contribution in [1.82, 2.24) is 5.01 Å². The van der Waals surface area contributed by atoms with Crippen LogP contribution in [0.15, 0.2) is 18.2 Å². The van der Waals surface area contributed by atoms with Crippen LogP contribution in [0.5, 0.6) is 0 Å². The van der Waals surface area contributed by atoms with Gasteiger partial charge < -0.3 is 5.11 Å². The van der Waals surface area contributed by atoms with Crippen LogP contribution >= 0.6 is 0 Å². The number of aliphatic hydroxyl groups excluding tert-OH is 1. The van der Waals surface area contributed by atoms with Gasteiger partial charge in [-0.15, -0.1) is 0 Å². The zero-order chi connectivity index (χ0) is 10.3. The third kappa shape index (κ3) is 1.43. The molecule has 0 saturated heterocycles. The summed E-state index contributed by atoms with van der Waals surface area (Å²) in [7, 11) is 1.80. The minimum atomic E-state index is -0.444. The number of aryl methyl sites for hydroxylation is 1. The van der Waals surface area contributed by atoms with Gasteiger partial charge in [-0.25, -0.2) is 5.01 Å². The van der Waals surface area contributed by atoms with Gasteiger partial charge >= 0.3 is 0 Å². The topological polar surface area (TPSA) is 49.5 Å². The highest BCUT2D eigenvalue weighted by Gasteiger charge is 2.32. The summed E-state index contributed by atoms with van der Waals surface area (Å²) in [5.74, 6) is 5.68. The molecule has 0 saturated carbocycles. The summed E-state index contributed by atoms with van der Waals surface area (Å²) >= 11 is 0. The monoisotopic (exact) mass is 192 g/mol. The van der Waals surface area contributed by atoms with E-state index in [1.807, 2.05) is 12.1 Å². The van der Waals surface area contributed by atoms with Gasteiger partial charge in [0.05, 0.1) is 12.1 Å². The number of aliphatic hydroxyl groups is 1. The van der Waals surface area contributed by atoms with Crippen molar-refractivity contribution in [2.24, 2.45) is 5.84 Å². The summed E-state index contributed by atoms with van der Waals surface area (Å²) in [6.45, 7) is 2.06. The molecule has 3 nitrogen and oxygen atoms in total. The first-order valence-corrected chi connectivity index (χ1v) is 4.84. The molecule has 76 valence electrons. The van der Waals surface area contributed by atoms with E-state index in [0.29, 0.717) is 0 Å². The van der Waals surface area contributed by atoms with E-state index in [9.17, 15) is 5.11 Å². The number of nitrogens with zero attached hydrogens (tertiary/aromatic N) is 1. The van der Waals surface area contributed by atoms with Gasteiger partial charge in [0.25, 0.3) is 0 Å². The first-order valence-electron chi connectivity index (χ1n) is 4.84. The fraction of sp³-hybridized carbons (Fsp3) is 0.455. The van der Waals surface area contributed by atoms with E-state index in [-0.39, 0.29) is 6.04 Å². The molecule has 3 N–H and O–H groups in total. The smallest absolute Gasteiger partial charge is 0.0964 e. The van der Waals surface area contributed by atoms with Crippen molar-refractivity contribution in [2.45, 2.75) is 25.5 Å². The van der Waals surface area contributed by atoms with Gasteiger partial charge in [-0.3, -0.25) is 5.84 Å². The lowest BCUT2D eigenvalue weighted by Crippen LogP contribution is -2.40. The molecular formula is C11H16N2O. The molecule has 0 radical (unpaired) electrons. The molecule has 0 amide bonds. The lowest BCUT2D eigenvalue weighted by Gasteiger charge is -2.21. The van der Waals surface area contributed by atoms with E-state index >= 15 is 0 Å². The number of rotatable bonds is 1. The standard InChI is InChI=1S/C11H16N2O/c1-7-3-4-9-8(5-7)6-10(11(9)14)13(2)12/h3-5,10-11,14H,6,12H2,1-2H3/t10-,11-/m1/s1. The summed E-state index contributed by atoms with van der Waals surface area (Å²) < 4.78 is 0. The quantitative estimate of drug-likeness (QED) is 0.510. The number of hydrazine groups is 1. The second-order valence-electron chi connectivity index (χ2n) is 4.08. The minimum absolute atomic E-state index is 0.0202. The van der Waals surface area contributed by atoms with Crippen LogP contribution in [0.2, 0.25) is 0 Å². The number of likely N-dealkylation sites (N-methyl/N-ethyl adjacent to an activating group) is 1. The van der Waals surface area contributed by atoms with E-state index in [2.05, 4.69) is 13.0 Å². The lowest BCUT2D eigenvalue weighted by atomic mass is 10.1. The van der Waals surface area contributed by atoms with Crippen molar-refractivity contribution in [2.75, 3.05) is 7.05 Å². The Kier molecular flexibility index (Phi) is 2.31. The highest BCUT2D eigenvalue weighted by molar-refractivity contribution is 5.38. The molecule has 0 aromatic heterocycles. The van der Waals surface area contributed by atoms with Crippen LogP contribution in [0.3, 0.4) is 0 Å². The van der Waals surface area contributed by atoms with Gasteiger partial charge in [0.2, 0.25) is 0 Å². The van der Waals surface area contributed by atoms with Crippen molar-refractivity contribution >= 4 is 0 Å². The Morgan fingerprint density at radius 1 is 1.50 bits per heavy atom. The average molecular weight is 192 g/mol. The first-order chi connectivity index (χ1) is 6.59. The number of benzene rings is 1. The molecule has 1 aromatic rings. The maximum Gasteiger partial charge on any atom is 0.0964 e. The normalized spacial score (nSPS) is 25.5. The van der Waals surface area contributed by atoms with Crippen molar-refractivity contribution in [3.8, 4) is 0 Å². The predicted octanol–water partition coefficient (Wildman–Crippen LogP) is 0.759. The zero-order valence-corrected chi connectivity index (χ0v) is 8.57. The van der Waals surface area contributed by atoms with Crippen LogP contribution in [0.1, 0.15) is 22.8 Å². The third-order valence-corrected chi connectivity index (χ3v) is 2.93. The Morgan fingerprint density at radius 2 is 2.21 bits per heavy atom. The molecule has 1 aliphatic carbocycles. The Morgan fingerprint density at radius 3 is 2.86 bits per heavy atom. The SMILES string of the molecule is Cc1ccc2c(c1)C[C@@H](N(C)N)[C@@H]2O. The van der Waals surface area contributed by atoms with Crippen LogP contribution in [0.25, 0.3) is 0 Å². The van der Waals surface area contributed by atoms with Gasteiger partial charge in [0.1, 0.15) is 0 Å². The van der Waals surface area contributed by atoms with Gasteiger partial charge in [0.15, 0.2) is 0 Å². The van der Waals surface area contributed by atoms with Crippen molar-refractivity contribution in [3.63, 3.8) is 0 Å². The summed E-state index contributed by atoms with van der Waals surface area (Å²) in [5, 5.41) is 11.6. The largest absolute Gasteiger partial charge is 0.387 e. The summed E-state index contributed by atoms with van der Waals surface area (Å²) in [6, 6.07) is 6.17. The molecule has 0 aliphatic heterocycles. The molecule has 1 aromatic carbocycles. The molecule has 1 aliphatic rings. The molecule has 0 spiro atoms. The van der Waals surface area contributed by atoms with Gasteiger partial charge in [-0.2, -0.15) is 0 Å². The maximum atomic E-state index is 9.98. The summed E-state index contributed by atoms with van der Waals surface area (Å²) in [4.78, 5) is 0. The molecule has 0 heterocycles. The summed E-state index contributed by atoms with van der Waals surface area (Å²) in [6.07, 6.45) is 0.395. The maximum absolute atomic E-state index is 9.98. The Balaban J connectivity index is 2.35. The lowest BCUT2D eigenvalue weighted by molar-refractivity contribution is 0.0764. The summed E-state index contributed by atoms with van der Waals surface area (Å²) in [5.41, 5.74) is 3.48. The Bertz CT molecular complexity index is 349. The second kappa shape index (κ2) is 3.35. The molecule has 0 unspecified atom stereocenters. The van der Waals surface area contributed by atoms with Gasteiger partial charge in [-0.1, -0.05) is 23.8 Å². The Labute approximate surface area is 84.1 Å². The molecule has 0 fully saturated rings. The third-order valence-electron chi connectivity index (χ3n) is 2.93. The molecule has 0 bridgehead atoms. The van der Waals surface area contributed by atoms with E-state index < -0.39 is 6.10 Å². The van der Waals surface area contributed by atoms with Crippen molar-refractivity contribution in [3.05, 3.63) is 34.9 Å². The molecule has 14 heavy (non-hydrogen) atoms. The number of fused-ring (bicyclic) bond motifs is 1. The van der Waals surface area contributed by atoms with Gasteiger partial charge in [0, 0.05) is 7.05 Å². The molecular weight excluding hydrogens is 176 g/mol. The van der Waals surface area contributed by atoms with Crippen molar-refractivity contribution in [1.29, 1.82) is 0 Å². The van der Waals surface area contributed by atoms with Crippen LogP contribution in [-0.4, -0.2) is 23.2 Å². The minimum Gasteiger partial charge on any atom is -0.387 e. The predicted molar refractivity (Wildman–Crippen MR) is 55.6 cm³/mol. The van der Waals surface area contributed by atoms with E-state index in [4.69, 9.17) is 5.84 Å². The van der Waals surface area contributed by atoms with Crippen LogP contribution < -0.4 is 5.84 Å². The number of nitrogens with two attached hydrogens (primary N) is 1. The van der Waals surface area contributed by atoms with E-state index in [1.165, 1.54) is 11.1 Å². The zero-order valence-electron chi connectivity index (χ0n) is 8.57. The highest BCUT2D eigenvalue weighted by Crippen LogP contribution is 2.33. The Hall–Kier alpha value is -0.900. The van der Waals surface area contributed by atoms with Crippen LogP contribution in [-0.2, 0) is 6.42 Å².